The molecule has 54 valence electrons. The van der Waals surface area contributed by atoms with Crippen molar-refractivity contribution in [2.24, 2.45) is 0 Å². The molecule has 0 aromatic heterocycles. The van der Waals surface area contributed by atoms with Gasteiger partial charge in [0.05, 0.1) is 0 Å². The van der Waals surface area contributed by atoms with E-state index in [-0.39, 0.29) is 0 Å². The van der Waals surface area contributed by atoms with Crippen molar-refractivity contribution in [3.8, 4) is 0 Å². The van der Waals surface area contributed by atoms with Crippen molar-refractivity contribution in [3.05, 3.63) is 22.6 Å². The van der Waals surface area contributed by atoms with Crippen molar-refractivity contribution in [2.45, 2.75) is 25.7 Å². The Balaban J connectivity index is 2.23. The maximum Gasteiger partial charge on any atom is 0.00609 e. The van der Waals surface area contributed by atoms with Crippen LogP contribution in [-0.2, 0) is 0 Å². The third kappa shape index (κ3) is 1.15. The van der Waals surface area contributed by atoms with Gasteiger partial charge in [-0.3, -0.25) is 0 Å². The highest BCUT2D eigenvalue weighted by Gasteiger charge is 2.12. The smallest absolute Gasteiger partial charge is 0.00609 e. The highest BCUT2D eigenvalue weighted by atomic mass is 32.2. The Labute approximate surface area is 66.4 Å². The van der Waals surface area contributed by atoms with Crippen LogP contribution in [-0.4, -0.2) is 5.75 Å². The lowest BCUT2D eigenvalue weighted by Crippen LogP contribution is -1.99. The molecule has 1 heteroatoms. The van der Waals surface area contributed by atoms with E-state index >= 15 is 0 Å². The third-order valence-electron chi connectivity index (χ3n) is 2.11. The van der Waals surface area contributed by atoms with Gasteiger partial charge in [0, 0.05) is 4.91 Å². The van der Waals surface area contributed by atoms with Crippen LogP contribution < -0.4 is 0 Å². The minimum Gasteiger partial charge on any atom is -0.126 e. The van der Waals surface area contributed by atoms with Crippen LogP contribution in [0.4, 0.5) is 0 Å². The second-order valence-electron chi connectivity index (χ2n) is 2.86. The van der Waals surface area contributed by atoms with E-state index in [1.54, 1.807) is 10.5 Å². The molecule has 0 aromatic rings. The van der Waals surface area contributed by atoms with Crippen LogP contribution in [0.15, 0.2) is 22.6 Å². The molecule has 0 nitrogen and oxygen atoms in total. The van der Waals surface area contributed by atoms with Gasteiger partial charge in [-0.1, -0.05) is 17.7 Å². The second-order valence-corrected chi connectivity index (χ2v) is 4.00. The van der Waals surface area contributed by atoms with E-state index in [1.807, 2.05) is 11.8 Å². The lowest BCUT2D eigenvalue weighted by Gasteiger charge is -2.19. The van der Waals surface area contributed by atoms with E-state index in [2.05, 4.69) is 12.2 Å². The maximum absolute atomic E-state index is 2.31. The Morgan fingerprint density at radius 1 is 1.30 bits per heavy atom. The number of rotatable bonds is 0. The molecule has 10 heavy (non-hydrogen) atoms. The fourth-order valence-electron chi connectivity index (χ4n) is 1.56. The molecule has 0 atom stereocenters. The zero-order chi connectivity index (χ0) is 6.81. The topological polar surface area (TPSA) is 0 Å². The molecule has 0 radical (unpaired) electrons. The molecule has 1 heterocycles. The minimum atomic E-state index is 1.28. The molecule has 0 bridgehead atoms. The van der Waals surface area contributed by atoms with Crippen LogP contribution in [0.5, 0.6) is 0 Å². The average molecular weight is 152 g/mol. The van der Waals surface area contributed by atoms with Gasteiger partial charge in [0.2, 0.25) is 0 Å². The average Bonchev–Trinajstić information content (AvgIpc) is 2.05. The minimum absolute atomic E-state index is 1.28. The van der Waals surface area contributed by atoms with Gasteiger partial charge >= 0.3 is 0 Å². The summed E-state index contributed by atoms with van der Waals surface area (Å²) in [6, 6.07) is 0. The van der Waals surface area contributed by atoms with Crippen LogP contribution in [0, 0.1) is 0 Å². The van der Waals surface area contributed by atoms with Gasteiger partial charge in [-0.05, 0) is 31.4 Å². The molecule has 2 rings (SSSR count). The first kappa shape index (κ1) is 6.53. The van der Waals surface area contributed by atoms with Gasteiger partial charge in [0.25, 0.3) is 0 Å². The molecular formula is C9H12S. The lowest BCUT2D eigenvalue weighted by molar-refractivity contribution is 0.814. The molecule has 0 unspecified atom stereocenters. The van der Waals surface area contributed by atoms with Gasteiger partial charge in [-0.15, -0.1) is 11.8 Å². The molecule has 1 aliphatic carbocycles. The second kappa shape index (κ2) is 2.83. The van der Waals surface area contributed by atoms with E-state index in [4.69, 9.17) is 0 Å². The molecule has 0 fully saturated rings. The molecule has 0 aromatic carbocycles. The number of allylic oxidation sites excluding steroid dienone is 3. The largest absolute Gasteiger partial charge is 0.126 e. The molecule has 0 spiro atoms. The molecular weight excluding hydrogens is 140 g/mol. The van der Waals surface area contributed by atoms with Gasteiger partial charge in [0.1, 0.15) is 0 Å². The molecule has 2 aliphatic rings. The van der Waals surface area contributed by atoms with Crippen LogP contribution in [0.25, 0.3) is 0 Å². The highest BCUT2D eigenvalue weighted by molar-refractivity contribution is 8.03. The summed E-state index contributed by atoms with van der Waals surface area (Å²) in [5.74, 6) is 1.34. The summed E-state index contributed by atoms with van der Waals surface area (Å²) in [7, 11) is 0. The monoisotopic (exact) mass is 152 g/mol. The van der Waals surface area contributed by atoms with Gasteiger partial charge < -0.3 is 0 Å². The van der Waals surface area contributed by atoms with Crippen LogP contribution in [0.2, 0.25) is 0 Å². The lowest BCUT2D eigenvalue weighted by atomic mass is 10.0. The third-order valence-corrected chi connectivity index (χ3v) is 3.34. The number of thioether (sulfide) groups is 1. The van der Waals surface area contributed by atoms with E-state index in [0.29, 0.717) is 0 Å². The number of hydrogen-bond acceptors (Lipinski definition) is 1. The Kier molecular flexibility index (Phi) is 1.85. The fourth-order valence-corrected chi connectivity index (χ4v) is 2.66. The highest BCUT2D eigenvalue weighted by Crippen LogP contribution is 2.35. The van der Waals surface area contributed by atoms with Crippen molar-refractivity contribution in [1.82, 2.24) is 0 Å². The van der Waals surface area contributed by atoms with Crippen molar-refractivity contribution >= 4 is 11.8 Å². The van der Waals surface area contributed by atoms with Gasteiger partial charge in [-0.25, -0.2) is 0 Å². The van der Waals surface area contributed by atoms with Crippen LogP contribution in [0.3, 0.4) is 0 Å². The zero-order valence-corrected chi connectivity index (χ0v) is 6.91. The van der Waals surface area contributed by atoms with E-state index < -0.39 is 0 Å². The van der Waals surface area contributed by atoms with Crippen molar-refractivity contribution in [2.75, 3.05) is 5.75 Å². The molecule has 0 saturated carbocycles. The molecule has 0 N–H and O–H groups in total. The molecule has 0 amide bonds. The zero-order valence-electron chi connectivity index (χ0n) is 6.10. The summed E-state index contributed by atoms with van der Waals surface area (Å²) < 4.78 is 0. The van der Waals surface area contributed by atoms with Crippen LogP contribution >= 0.6 is 11.8 Å². The summed E-state index contributed by atoms with van der Waals surface area (Å²) in [5, 5.41) is 0. The van der Waals surface area contributed by atoms with Crippen molar-refractivity contribution in [1.29, 1.82) is 0 Å². The number of hydrogen-bond donors (Lipinski definition) is 0. The quantitative estimate of drug-likeness (QED) is 0.514. The first-order chi connectivity index (χ1) is 4.97. The summed E-state index contributed by atoms with van der Waals surface area (Å²) in [4.78, 5) is 1.58. The summed E-state index contributed by atoms with van der Waals surface area (Å²) in [6.07, 6.45) is 9.99. The van der Waals surface area contributed by atoms with E-state index in [0.717, 1.165) is 0 Å². The van der Waals surface area contributed by atoms with Gasteiger partial charge in [0.15, 0.2) is 0 Å². The Bertz CT molecular complexity index is 189. The predicted molar refractivity (Wildman–Crippen MR) is 47.1 cm³/mol. The Morgan fingerprint density at radius 2 is 2.30 bits per heavy atom. The molecule has 1 aliphatic heterocycles. The summed E-state index contributed by atoms with van der Waals surface area (Å²) in [5.41, 5.74) is 1.72. The van der Waals surface area contributed by atoms with E-state index in [1.165, 1.54) is 31.4 Å². The first-order valence-electron chi connectivity index (χ1n) is 3.98. The van der Waals surface area contributed by atoms with Crippen molar-refractivity contribution in [3.63, 3.8) is 0 Å². The normalized spacial score (nSPS) is 24.8. The predicted octanol–water partition coefficient (Wildman–Crippen LogP) is 3.12. The van der Waals surface area contributed by atoms with Crippen LogP contribution in [0.1, 0.15) is 25.7 Å². The Morgan fingerprint density at radius 3 is 3.20 bits per heavy atom. The van der Waals surface area contributed by atoms with E-state index in [9.17, 15) is 0 Å². The maximum atomic E-state index is 2.31. The summed E-state index contributed by atoms with van der Waals surface area (Å²) in [6.45, 7) is 0. The Hall–Kier alpha value is -0.170. The summed E-state index contributed by atoms with van der Waals surface area (Å²) >= 11 is 2.04. The van der Waals surface area contributed by atoms with Crippen molar-refractivity contribution < 1.29 is 0 Å². The fraction of sp³-hybridized carbons (Fsp3) is 0.556. The SMILES string of the molecule is C1=CC2=C(CC1)CCCS2. The van der Waals surface area contributed by atoms with Gasteiger partial charge in [-0.2, -0.15) is 0 Å². The standard InChI is InChI=1S/C9H12S/c1-2-6-9-8(4-1)5-3-7-10-9/h2,6H,1,3-5,7H2. The molecule has 0 saturated heterocycles. The first-order valence-corrected chi connectivity index (χ1v) is 4.97.